The third-order valence-electron chi connectivity index (χ3n) is 2.71. The zero-order valence-electron chi connectivity index (χ0n) is 13.3. The summed E-state index contributed by atoms with van der Waals surface area (Å²) < 4.78 is 9.57. The molecular weight excluding hydrogens is 244 g/mol. The van der Waals surface area contributed by atoms with Crippen LogP contribution in [0.1, 0.15) is 60.8 Å². The molecule has 2 atom stereocenters. The summed E-state index contributed by atoms with van der Waals surface area (Å²) >= 11 is 0. The molecular formula is C15H30O4. The molecule has 0 aromatic carbocycles. The molecule has 0 aliphatic carbocycles. The lowest BCUT2D eigenvalue weighted by Gasteiger charge is -2.07. The number of rotatable bonds is 7. The van der Waals surface area contributed by atoms with E-state index in [0.717, 1.165) is 19.3 Å². The second kappa shape index (κ2) is 13.4. The molecule has 19 heavy (non-hydrogen) atoms. The molecule has 114 valence electrons. The van der Waals surface area contributed by atoms with Gasteiger partial charge >= 0.3 is 11.9 Å². The van der Waals surface area contributed by atoms with Gasteiger partial charge in [-0.05, 0) is 26.7 Å². The number of carbonyl (C=O) groups excluding carboxylic acids is 2. The highest BCUT2D eigenvalue weighted by atomic mass is 16.5. The number of ether oxygens (including phenoxy) is 2. The van der Waals surface area contributed by atoms with Crippen molar-refractivity contribution in [2.75, 3.05) is 13.2 Å². The normalized spacial score (nSPS) is 12.7. The van der Waals surface area contributed by atoms with Gasteiger partial charge in [-0.15, -0.1) is 0 Å². The molecule has 2 unspecified atom stereocenters. The Kier molecular flexibility index (Phi) is 14.3. The van der Waals surface area contributed by atoms with Gasteiger partial charge in [-0.2, -0.15) is 0 Å². The van der Waals surface area contributed by atoms with E-state index in [0.29, 0.717) is 13.2 Å². The second-order valence-electron chi connectivity index (χ2n) is 4.50. The van der Waals surface area contributed by atoms with E-state index in [9.17, 15) is 9.59 Å². The number of carbonyl (C=O) groups is 2. The molecule has 0 bridgehead atoms. The molecule has 0 amide bonds. The van der Waals surface area contributed by atoms with E-state index in [1.807, 2.05) is 34.6 Å². The fraction of sp³-hybridized carbons (Fsp3) is 0.867. The maximum absolute atomic E-state index is 10.9. The van der Waals surface area contributed by atoms with Crippen LogP contribution in [0.25, 0.3) is 0 Å². The minimum atomic E-state index is -0.0833. The van der Waals surface area contributed by atoms with Gasteiger partial charge in [0.2, 0.25) is 0 Å². The van der Waals surface area contributed by atoms with Gasteiger partial charge in [0.1, 0.15) is 0 Å². The quantitative estimate of drug-likeness (QED) is 0.666. The molecule has 0 aliphatic rings. The van der Waals surface area contributed by atoms with E-state index in [4.69, 9.17) is 9.47 Å². The Hall–Kier alpha value is -1.06. The Bertz CT molecular complexity index is 238. The Morgan fingerprint density at radius 3 is 1.58 bits per heavy atom. The van der Waals surface area contributed by atoms with Gasteiger partial charge in [0.15, 0.2) is 0 Å². The zero-order valence-corrected chi connectivity index (χ0v) is 13.3. The van der Waals surface area contributed by atoms with Gasteiger partial charge in [0, 0.05) is 0 Å². The van der Waals surface area contributed by atoms with Crippen LogP contribution in [0.4, 0.5) is 0 Å². The monoisotopic (exact) mass is 274 g/mol. The number of hydrogen-bond acceptors (Lipinski definition) is 4. The van der Waals surface area contributed by atoms with Crippen molar-refractivity contribution in [2.24, 2.45) is 11.8 Å². The first-order chi connectivity index (χ1) is 8.94. The second-order valence-corrected chi connectivity index (χ2v) is 4.50. The van der Waals surface area contributed by atoms with Crippen LogP contribution >= 0.6 is 0 Å². The van der Waals surface area contributed by atoms with Gasteiger partial charge in [-0.25, -0.2) is 0 Å². The summed E-state index contributed by atoms with van der Waals surface area (Å²) in [5.74, 6) is -0.0146. The lowest BCUT2D eigenvalue weighted by Crippen LogP contribution is -2.14. The molecule has 0 heterocycles. The van der Waals surface area contributed by atoms with Crippen molar-refractivity contribution < 1.29 is 19.1 Å². The van der Waals surface area contributed by atoms with E-state index in [1.54, 1.807) is 0 Å². The molecule has 0 spiro atoms. The summed E-state index contributed by atoms with van der Waals surface area (Å²) in [6.07, 6.45) is 2.83. The van der Waals surface area contributed by atoms with Crippen molar-refractivity contribution in [3.05, 3.63) is 0 Å². The first-order valence-electron chi connectivity index (χ1n) is 7.27. The number of esters is 2. The predicted molar refractivity (Wildman–Crippen MR) is 76.8 cm³/mol. The van der Waals surface area contributed by atoms with Crippen molar-refractivity contribution >= 4 is 11.9 Å². The first-order valence-corrected chi connectivity index (χ1v) is 7.27. The van der Waals surface area contributed by atoms with E-state index in [1.165, 1.54) is 0 Å². The number of hydrogen-bond donors (Lipinski definition) is 0. The zero-order chi connectivity index (χ0) is 15.3. The highest BCUT2D eigenvalue weighted by molar-refractivity contribution is 5.72. The van der Waals surface area contributed by atoms with Gasteiger partial charge in [0.05, 0.1) is 25.0 Å². The molecule has 0 radical (unpaired) electrons. The molecule has 0 N–H and O–H groups in total. The van der Waals surface area contributed by atoms with Crippen LogP contribution in [0.3, 0.4) is 0 Å². The van der Waals surface area contributed by atoms with Crippen molar-refractivity contribution in [3.8, 4) is 0 Å². The van der Waals surface area contributed by atoms with Crippen LogP contribution in [0, 0.1) is 11.8 Å². The van der Waals surface area contributed by atoms with Crippen LogP contribution in [0.2, 0.25) is 0 Å². The molecule has 0 aromatic heterocycles. The summed E-state index contributed by atoms with van der Waals surface area (Å²) in [5.41, 5.74) is 0. The minimum Gasteiger partial charge on any atom is -0.466 e. The van der Waals surface area contributed by atoms with E-state index in [-0.39, 0.29) is 23.8 Å². The van der Waals surface area contributed by atoms with E-state index >= 15 is 0 Å². The predicted octanol–water partition coefficient (Wildman–Crippen LogP) is 3.58. The van der Waals surface area contributed by atoms with Gasteiger partial charge in [0.25, 0.3) is 0 Å². The van der Waals surface area contributed by atoms with Crippen molar-refractivity contribution in [1.29, 1.82) is 0 Å². The Balaban J connectivity index is 0. The smallest absolute Gasteiger partial charge is 0.308 e. The Morgan fingerprint density at radius 1 is 0.842 bits per heavy atom. The summed E-state index contributed by atoms with van der Waals surface area (Å²) in [6, 6.07) is 0. The molecule has 4 heteroatoms. The molecule has 0 fully saturated rings. The fourth-order valence-electron chi connectivity index (χ4n) is 1.29. The largest absolute Gasteiger partial charge is 0.466 e. The summed E-state index contributed by atoms with van der Waals surface area (Å²) in [4.78, 5) is 21.7. The molecule has 4 nitrogen and oxygen atoms in total. The van der Waals surface area contributed by atoms with Crippen molar-refractivity contribution in [2.45, 2.75) is 60.8 Å². The van der Waals surface area contributed by atoms with Gasteiger partial charge < -0.3 is 9.47 Å². The molecule has 0 aliphatic heterocycles. The van der Waals surface area contributed by atoms with E-state index in [2.05, 4.69) is 6.92 Å². The fourth-order valence-corrected chi connectivity index (χ4v) is 1.29. The van der Waals surface area contributed by atoms with Crippen LogP contribution in [0.5, 0.6) is 0 Å². The Morgan fingerprint density at radius 2 is 1.26 bits per heavy atom. The van der Waals surface area contributed by atoms with Gasteiger partial charge in [-0.3, -0.25) is 9.59 Å². The van der Waals surface area contributed by atoms with Gasteiger partial charge in [-0.1, -0.05) is 34.1 Å². The average Bonchev–Trinajstić information content (AvgIpc) is 2.39. The maximum Gasteiger partial charge on any atom is 0.308 e. The summed E-state index contributed by atoms with van der Waals surface area (Å²) in [7, 11) is 0. The molecule has 0 saturated carbocycles. The molecule has 0 aromatic rings. The van der Waals surface area contributed by atoms with Crippen LogP contribution in [-0.2, 0) is 19.1 Å². The van der Waals surface area contributed by atoms with Crippen LogP contribution in [-0.4, -0.2) is 25.2 Å². The molecule has 0 rings (SSSR count). The third kappa shape index (κ3) is 11.7. The lowest BCUT2D eigenvalue weighted by atomic mass is 10.1. The Labute approximate surface area is 117 Å². The maximum atomic E-state index is 10.9. The average molecular weight is 274 g/mol. The van der Waals surface area contributed by atoms with E-state index < -0.39 is 0 Å². The highest BCUT2D eigenvalue weighted by Crippen LogP contribution is 2.06. The molecule has 0 saturated heterocycles. The standard InChI is InChI=1S/C8H16O2.C7H14O2/c1-4-6-7(3)8(9)10-5-2;1-4-6(3)7(8)9-5-2/h7H,4-6H2,1-3H3;6H,4-5H2,1-3H3. The first kappa shape index (κ1) is 20.3. The van der Waals surface area contributed by atoms with Crippen LogP contribution in [0.15, 0.2) is 0 Å². The summed E-state index contributed by atoms with van der Waals surface area (Å²) in [5, 5.41) is 0. The van der Waals surface area contributed by atoms with Crippen LogP contribution < -0.4 is 0 Å². The van der Waals surface area contributed by atoms with Crippen molar-refractivity contribution in [3.63, 3.8) is 0 Å². The van der Waals surface area contributed by atoms with Crippen molar-refractivity contribution in [1.82, 2.24) is 0 Å². The SMILES string of the molecule is CCCC(C)C(=O)OCC.CCOC(=O)C(C)CC. The minimum absolute atomic E-state index is 0.0601. The topological polar surface area (TPSA) is 52.6 Å². The third-order valence-corrected chi connectivity index (χ3v) is 2.71. The highest BCUT2D eigenvalue weighted by Gasteiger charge is 2.11. The lowest BCUT2D eigenvalue weighted by molar-refractivity contribution is -0.148. The summed E-state index contributed by atoms with van der Waals surface area (Å²) in [6.45, 7) is 12.4.